The summed E-state index contributed by atoms with van der Waals surface area (Å²) in [6.45, 7) is 4.65. The highest BCUT2D eigenvalue weighted by molar-refractivity contribution is 14.1. The molecular formula is C19H23IN4O3. The van der Waals surface area contributed by atoms with Crippen LogP contribution in [0.1, 0.15) is 31.1 Å². The molecule has 3 aromatic rings. The average Bonchev–Trinajstić information content (AvgIpc) is 2.98. The molecule has 0 bridgehead atoms. The van der Waals surface area contributed by atoms with Crippen LogP contribution in [-0.2, 0) is 13.2 Å². The number of rotatable bonds is 7. The lowest BCUT2D eigenvalue weighted by molar-refractivity contribution is 0.268. The van der Waals surface area contributed by atoms with Gasteiger partial charge in [-0.1, -0.05) is 0 Å². The smallest absolute Gasteiger partial charge is 0.147 e. The number of benzene rings is 1. The maximum Gasteiger partial charge on any atom is 0.147 e. The van der Waals surface area contributed by atoms with Gasteiger partial charge in [0.25, 0.3) is 0 Å². The third-order valence-electron chi connectivity index (χ3n) is 4.43. The van der Waals surface area contributed by atoms with Gasteiger partial charge in [-0.25, -0.2) is 9.97 Å². The monoisotopic (exact) mass is 482 g/mol. The number of fused-ring (bicyclic) bond motifs is 1. The molecule has 3 rings (SSSR count). The minimum absolute atomic E-state index is 0.0431. The molecule has 2 heterocycles. The summed E-state index contributed by atoms with van der Waals surface area (Å²) in [5.41, 5.74) is 2.66. The van der Waals surface area contributed by atoms with E-state index in [1.165, 1.54) is 0 Å². The minimum atomic E-state index is -0.0431. The Balaban J connectivity index is 1.99. The fourth-order valence-electron chi connectivity index (χ4n) is 3.15. The van der Waals surface area contributed by atoms with Gasteiger partial charge in [0.15, 0.2) is 0 Å². The number of ether oxygens (including phenoxy) is 2. The number of nitrogens with zero attached hydrogens (tertiary/aromatic N) is 3. The molecule has 0 fully saturated rings. The Morgan fingerprint density at radius 3 is 2.63 bits per heavy atom. The van der Waals surface area contributed by atoms with Crippen molar-refractivity contribution in [2.24, 2.45) is 0 Å². The lowest BCUT2D eigenvalue weighted by atomic mass is 10.2. The zero-order valence-electron chi connectivity index (χ0n) is 15.8. The minimum Gasteiger partial charge on any atom is -0.497 e. The summed E-state index contributed by atoms with van der Waals surface area (Å²) < 4.78 is 13.7. The van der Waals surface area contributed by atoms with E-state index in [0.29, 0.717) is 6.54 Å². The first-order valence-electron chi connectivity index (χ1n) is 8.60. The fraction of sp³-hybridized carbons (Fsp3) is 0.368. The largest absolute Gasteiger partial charge is 0.497 e. The summed E-state index contributed by atoms with van der Waals surface area (Å²) in [5.74, 6) is 2.23. The Labute approximate surface area is 171 Å². The van der Waals surface area contributed by atoms with Crippen molar-refractivity contribution < 1.29 is 14.6 Å². The number of halogens is 1. The molecule has 7 nitrogen and oxygen atoms in total. The van der Waals surface area contributed by atoms with Gasteiger partial charge in [-0.05, 0) is 48.6 Å². The molecule has 8 heteroatoms. The van der Waals surface area contributed by atoms with Gasteiger partial charge in [-0.3, -0.25) is 0 Å². The number of methoxy groups -OCH3 is 2. The van der Waals surface area contributed by atoms with Gasteiger partial charge in [0.1, 0.15) is 29.3 Å². The van der Waals surface area contributed by atoms with Crippen molar-refractivity contribution in [3.8, 4) is 11.5 Å². The number of hydrogen-bond acceptors (Lipinski definition) is 6. The number of hydrogen-bond donors (Lipinski definition) is 2. The summed E-state index contributed by atoms with van der Waals surface area (Å²) in [6.07, 6.45) is 1.55. The van der Waals surface area contributed by atoms with Gasteiger partial charge < -0.3 is 24.5 Å². The molecule has 0 spiro atoms. The summed E-state index contributed by atoms with van der Waals surface area (Å²) in [6, 6.07) is 5.91. The molecule has 0 atom stereocenters. The number of aromatic nitrogens is 3. The maximum atomic E-state index is 9.84. The quantitative estimate of drug-likeness (QED) is 0.500. The van der Waals surface area contributed by atoms with E-state index in [4.69, 9.17) is 9.47 Å². The van der Waals surface area contributed by atoms with E-state index < -0.39 is 0 Å². The Morgan fingerprint density at radius 1 is 1.22 bits per heavy atom. The molecule has 0 aliphatic carbocycles. The average molecular weight is 482 g/mol. The van der Waals surface area contributed by atoms with E-state index in [9.17, 15) is 5.11 Å². The van der Waals surface area contributed by atoms with Gasteiger partial charge >= 0.3 is 0 Å². The first-order valence-corrected chi connectivity index (χ1v) is 9.68. The van der Waals surface area contributed by atoms with Crippen molar-refractivity contribution in [1.82, 2.24) is 14.5 Å². The van der Waals surface area contributed by atoms with Gasteiger partial charge in [-0.2, -0.15) is 0 Å². The molecule has 27 heavy (non-hydrogen) atoms. The highest BCUT2D eigenvalue weighted by atomic mass is 127. The van der Waals surface area contributed by atoms with Gasteiger partial charge in [0.05, 0.1) is 31.9 Å². The van der Waals surface area contributed by atoms with E-state index in [1.54, 1.807) is 20.5 Å². The molecule has 2 aromatic heterocycles. The van der Waals surface area contributed by atoms with Crippen LogP contribution in [0.5, 0.6) is 11.5 Å². The first-order chi connectivity index (χ1) is 13.0. The highest BCUT2D eigenvalue weighted by Gasteiger charge is 2.21. The highest BCUT2D eigenvalue weighted by Crippen LogP contribution is 2.34. The number of aliphatic hydroxyl groups excluding tert-OH is 1. The van der Waals surface area contributed by atoms with Crippen molar-refractivity contribution >= 4 is 39.4 Å². The van der Waals surface area contributed by atoms with Crippen LogP contribution < -0.4 is 14.8 Å². The number of anilines is 1. The van der Waals surface area contributed by atoms with E-state index in [1.807, 2.05) is 18.2 Å². The molecule has 1 aromatic carbocycles. The van der Waals surface area contributed by atoms with E-state index in [2.05, 4.69) is 56.3 Å². The maximum absolute atomic E-state index is 9.84. The predicted octanol–water partition coefficient (Wildman–Crippen LogP) is 3.74. The first kappa shape index (κ1) is 19.7. The van der Waals surface area contributed by atoms with E-state index in [-0.39, 0.29) is 12.6 Å². The van der Waals surface area contributed by atoms with Gasteiger partial charge in [0.2, 0.25) is 0 Å². The van der Waals surface area contributed by atoms with Gasteiger partial charge in [-0.15, -0.1) is 0 Å². The summed E-state index contributed by atoms with van der Waals surface area (Å²) >= 11 is 2.25. The second-order valence-corrected chi connectivity index (χ2v) is 7.41. The van der Waals surface area contributed by atoms with Crippen LogP contribution in [0.3, 0.4) is 0 Å². The van der Waals surface area contributed by atoms with E-state index >= 15 is 0 Å². The summed E-state index contributed by atoms with van der Waals surface area (Å²) in [7, 11) is 3.27. The van der Waals surface area contributed by atoms with E-state index in [0.717, 1.165) is 43.2 Å². The molecular weight excluding hydrogens is 459 g/mol. The van der Waals surface area contributed by atoms with Crippen molar-refractivity contribution in [3.05, 3.63) is 39.4 Å². The standard InChI is InChI=1S/C19H23IN4O3/c1-11(2)24-14(9-25)17(20)16-18(22-10-23-19(16)24)21-8-12-5-6-13(26-3)7-15(12)27-4/h5-7,10-11,25H,8-9H2,1-4H3,(H,21,22,23). The summed E-state index contributed by atoms with van der Waals surface area (Å²) in [4.78, 5) is 8.89. The molecule has 0 unspecified atom stereocenters. The molecule has 0 radical (unpaired) electrons. The topological polar surface area (TPSA) is 81.4 Å². The van der Waals surface area contributed by atoms with Crippen LogP contribution in [0, 0.1) is 3.57 Å². The molecule has 0 aliphatic heterocycles. The van der Waals surface area contributed by atoms with Gasteiger partial charge in [0, 0.05) is 27.8 Å². The molecule has 0 saturated carbocycles. The molecule has 0 aliphatic rings. The fourth-order valence-corrected chi connectivity index (χ4v) is 4.08. The zero-order valence-corrected chi connectivity index (χ0v) is 17.9. The third-order valence-corrected chi connectivity index (χ3v) is 5.59. The Bertz CT molecular complexity index is 956. The van der Waals surface area contributed by atoms with Crippen LogP contribution in [0.4, 0.5) is 5.82 Å². The summed E-state index contributed by atoms with van der Waals surface area (Å²) in [5, 5.41) is 14.2. The molecule has 2 N–H and O–H groups in total. The SMILES string of the molecule is COc1ccc(CNc2ncnc3c2c(I)c(CO)n3C(C)C)c(OC)c1. The Kier molecular flexibility index (Phi) is 6.05. The van der Waals surface area contributed by atoms with Crippen molar-refractivity contribution in [2.45, 2.75) is 33.0 Å². The van der Waals surface area contributed by atoms with Crippen LogP contribution in [0.25, 0.3) is 11.0 Å². The second kappa shape index (κ2) is 8.30. The van der Waals surface area contributed by atoms with Crippen LogP contribution >= 0.6 is 22.6 Å². The number of aliphatic hydroxyl groups is 1. The van der Waals surface area contributed by atoms with Crippen molar-refractivity contribution in [1.29, 1.82) is 0 Å². The van der Waals surface area contributed by atoms with Crippen molar-refractivity contribution in [3.63, 3.8) is 0 Å². The number of nitrogens with one attached hydrogen (secondary N) is 1. The second-order valence-electron chi connectivity index (χ2n) is 6.33. The zero-order chi connectivity index (χ0) is 19.6. The lowest BCUT2D eigenvalue weighted by Crippen LogP contribution is -2.07. The predicted molar refractivity (Wildman–Crippen MR) is 113 cm³/mol. The molecule has 0 saturated heterocycles. The third kappa shape index (κ3) is 3.68. The Morgan fingerprint density at radius 2 is 2.00 bits per heavy atom. The van der Waals surface area contributed by atoms with Crippen LogP contribution in [-0.4, -0.2) is 33.9 Å². The molecule has 144 valence electrons. The lowest BCUT2D eigenvalue weighted by Gasteiger charge is -2.13. The molecule has 0 amide bonds. The Hall–Kier alpha value is -2.07. The van der Waals surface area contributed by atoms with Crippen LogP contribution in [0.15, 0.2) is 24.5 Å². The van der Waals surface area contributed by atoms with Crippen molar-refractivity contribution in [2.75, 3.05) is 19.5 Å². The normalized spacial score (nSPS) is 11.2. The van der Waals surface area contributed by atoms with Crippen LogP contribution in [0.2, 0.25) is 0 Å².